The molecule has 2 aromatic rings. The summed E-state index contributed by atoms with van der Waals surface area (Å²) in [7, 11) is 0. The molecule has 2 rings (SSSR count). The van der Waals surface area contributed by atoms with E-state index in [-0.39, 0.29) is 5.38 Å². The lowest BCUT2D eigenvalue weighted by Crippen LogP contribution is -1.84. The molecule has 0 nitrogen and oxygen atoms in total. The SMILES string of the molecule is Clc1cc(C(Cl)c2cc(Br)c(Br)s2)sc1Br. The number of rotatable bonds is 2. The average molecular weight is 486 g/mol. The lowest BCUT2D eigenvalue weighted by Gasteiger charge is -2.02. The van der Waals surface area contributed by atoms with Crippen molar-refractivity contribution in [2.75, 3.05) is 0 Å². The molecule has 0 aromatic carbocycles. The minimum Gasteiger partial charge on any atom is -0.130 e. The summed E-state index contributed by atoms with van der Waals surface area (Å²) in [5.74, 6) is 0. The van der Waals surface area contributed by atoms with Crippen LogP contribution in [-0.4, -0.2) is 0 Å². The van der Waals surface area contributed by atoms with Crippen molar-refractivity contribution in [3.63, 3.8) is 0 Å². The van der Waals surface area contributed by atoms with Gasteiger partial charge in [-0.15, -0.1) is 34.3 Å². The molecule has 0 fully saturated rings. The molecule has 0 aliphatic carbocycles. The highest BCUT2D eigenvalue weighted by Gasteiger charge is 2.18. The van der Waals surface area contributed by atoms with Gasteiger partial charge in [0.15, 0.2) is 0 Å². The zero-order valence-corrected chi connectivity index (χ0v) is 15.3. The van der Waals surface area contributed by atoms with Crippen molar-refractivity contribution in [3.05, 3.63) is 39.0 Å². The molecular formula is C9H3Br3Cl2S2. The summed E-state index contributed by atoms with van der Waals surface area (Å²) >= 11 is 25.9. The van der Waals surface area contributed by atoms with Crippen LogP contribution in [0.5, 0.6) is 0 Å². The third kappa shape index (κ3) is 2.87. The standard InChI is InChI=1S/C9H3Br3Cl2S2/c10-3-1-5(15-8(3)11)7(14)6-2-4(13)9(12)16-6/h1-2,7H. The zero-order valence-electron chi connectivity index (χ0n) is 7.44. The Balaban J connectivity index is 2.34. The van der Waals surface area contributed by atoms with Crippen LogP contribution in [0, 0.1) is 0 Å². The first-order chi connectivity index (χ1) is 7.49. The van der Waals surface area contributed by atoms with Crippen LogP contribution < -0.4 is 0 Å². The highest BCUT2D eigenvalue weighted by Crippen LogP contribution is 2.44. The van der Waals surface area contributed by atoms with E-state index in [1.165, 1.54) is 0 Å². The topological polar surface area (TPSA) is 0 Å². The largest absolute Gasteiger partial charge is 0.130 e. The normalized spacial score (nSPS) is 13.1. The van der Waals surface area contributed by atoms with Crippen LogP contribution in [0.15, 0.2) is 24.2 Å². The van der Waals surface area contributed by atoms with Crippen molar-refractivity contribution >= 4 is 93.7 Å². The molecule has 0 spiro atoms. The Hall–Kier alpha value is 1.42. The highest BCUT2D eigenvalue weighted by molar-refractivity contribution is 9.13. The third-order valence-corrected chi connectivity index (χ3v) is 8.42. The zero-order chi connectivity index (χ0) is 11.9. The van der Waals surface area contributed by atoms with Crippen molar-refractivity contribution in [1.82, 2.24) is 0 Å². The van der Waals surface area contributed by atoms with Crippen molar-refractivity contribution in [1.29, 1.82) is 0 Å². The first kappa shape index (κ1) is 13.8. The van der Waals surface area contributed by atoms with Crippen molar-refractivity contribution in [2.24, 2.45) is 0 Å². The molecule has 2 aromatic heterocycles. The molecule has 0 N–H and O–H groups in total. The molecule has 1 atom stereocenters. The lowest BCUT2D eigenvalue weighted by molar-refractivity contribution is 1.24. The van der Waals surface area contributed by atoms with E-state index in [2.05, 4.69) is 47.8 Å². The molecule has 0 saturated heterocycles. The van der Waals surface area contributed by atoms with Gasteiger partial charge in [0.1, 0.15) is 5.38 Å². The molecule has 86 valence electrons. The Bertz CT molecular complexity index is 436. The number of halogens is 5. The van der Waals surface area contributed by atoms with Crippen molar-refractivity contribution in [3.8, 4) is 0 Å². The molecule has 0 amide bonds. The Labute approximate surface area is 136 Å². The van der Waals surface area contributed by atoms with E-state index >= 15 is 0 Å². The van der Waals surface area contributed by atoms with Crippen LogP contribution in [0.4, 0.5) is 0 Å². The van der Waals surface area contributed by atoms with Gasteiger partial charge in [-0.25, -0.2) is 0 Å². The van der Waals surface area contributed by atoms with Gasteiger partial charge in [-0.2, -0.15) is 0 Å². The van der Waals surface area contributed by atoms with Crippen LogP contribution in [-0.2, 0) is 0 Å². The van der Waals surface area contributed by atoms with Gasteiger partial charge in [0.2, 0.25) is 0 Å². The van der Waals surface area contributed by atoms with Gasteiger partial charge in [-0.1, -0.05) is 11.6 Å². The van der Waals surface area contributed by atoms with Gasteiger partial charge in [0.25, 0.3) is 0 Å². The number of hydrogen-bond donors (Lipinski definition) is 0. The maximum Gasteiger partial charge on any atom is 0.102 e. The fraction of sp³-hybridized carbons (Fsp3) is 0.111. The fourth-order valence-electron chi connectivity index (χ4n) is 1.12. The van der Waals surface area contributed by atoms with E-state index < -0.39 is 0 Å². The smallest absolute Gasteiger partial charge is 0.102 e. The summed E-state index contributed by atoms with van der Waals surface area (Å²) in [5.41, 5.74) is 0. The van der Waals surface area contributed by atoms with Gasteiger partial charge >= 0.3 is 0 Å². The Morgan fingerprint density at radius 3 is 2.00 bits per heavy atom. The van der Waals surface area contributed by atoms with Crippen molar-refractivity contribution in [2.45, 2.75) is 5.38 Å². The second-order valence-electron chi connectivity index (χ2n) is 2.90. The summed E-state index contributed by atoms with van der Waals surface area (Å²) < 4.78 is 3.00. The number of thiophene rings is 2. The lowest BCUT2D eigenvalue weighted by atomic mass is 10.3. The van der Waals surface area contributed by atoms with Gasteiger partial charge in [0, 0.05) is 14.2 Å². The molecular weight excluding hydrogens is 483 g/mol. The van der Waals surface area contributed by atoms with Crippen LogP contribution >= 0.6 is 93.7 Å². The van der Waals surface area contributed by atoms with E-state index in [0.29, 0.717) is 5.02 Å². The molecule has 0 aliphatic heterocycles. The van der Waals surface area contributed by atoms with Gasteiger partial charge < -0.3 is 0 Å². The molecule has 0 bridgehead atoms. The quantitative estimate of drug-likeness (QED) is 0.399. The second kappa shape index (κ2) is 5.59. The van der Waals surface area contributed by atoms with Gasteiger partial charge in [-0.05, 0) is 59.9 Å². The van der Waals surface area contributed by atoms with E-state index in [0.717, 1.165) is 21.8 Å². The molecule has 1 unspecified atom stereocenters. The Morgan fingerprint density at radius 1 is 1.00 bits per heavy atom. The van der Waals surface area contributed by atoms with E-state index in [4.69, 9.17) is 23.2 Å². The molecule has 0 saturated carbocycles. The van der Waals surface area contributed by atoms with Crippen LogP contribution in [0.25, 0.3) is 0 Å². The van der Waals surface area contributed by atoms with Crippen LogP contribution in [0.1, 0.15) is 15.1 Å². The molecule has 0 radical (unpaired) electrons. The van der Waals surface area contributed by atoms with E-state index in [1.54, 1.807) is 22.7 Å². The maximum absolute atomic E-state index is 6.40. The molecule has 16 heavy (non-hydrogen) atoms. The third-order valence-electron chi connectivity index (χ3n) is 1.83. The maximum atomic E-state index is 6.40. The molecule has 2 heterocycles. The average Bonchev–Trinajstić information content (AvgIpc) is 2.72. The summed E-state index contributed by atoms with van der Waals surface area (Å²) in [5, 5.41) is 0.557. The summed E-state index contributed by atoms with van der Waals surface area (Å²) in [6, 6.07) is 3.92. The monoisotopic (exact) mass is 482 g/mol. The van der Waals surface area contributed by atoms with E-state index in [1.807, 2.05) is 12.1 Å². The van der Waals surface area contributed by atoms with Crippen LogP contribution in [0.2, 0.25) is 5.02 Å². The minimum atomic E-state index is -0.151. The van der Waals surface area contributed by atoms with E-state index in [9.17, 15) is 0 Å². The first-order valence-electron chi connectivity index (χ1n) is 4.02. The molecule has 0 aliphatic rings. The van der Waals surface area contributed by atoms with Crippen molar-refractivity contribution < 1.29 is 0 Å². The van der Waals surface area contributed by atoms with Gasteiger partial charge in [0.05, 0.1) is 12.6 Å². The second-order valence-corrected chi connectivity index (χ2v) is 9.40. The number of hydrogen-bond acceptors (Lipinski definition) is 2. The Morgan fingerprint density at radius 2 is 1.56 bits per heavy atom. The summed E-state index contributed by atoms with van der Waals surface area (Å²) in [6.07, 6.45) is 0. The fourth-order valence-corrected chi connectivity index (χ4v) is 5.41. The minimum absolute atomic E-state index is 0.151. The molecule has 7 heteroatoms. The Kier molecular flexibility index (Phi) is 4.84. The summed E-state index contributed by atoms with van der Waals surface area (Å²) in [6.45, 7) is 0. The predicted octanol–water partition coefficient (Wildman–Crippen LogP) is 7.08. The first-order valence-corrected chi connectivity index (χ1v) is 8.85. The summed E-state index contributed by atoms with van der Waals surface area (Å²) in [4.78, 5) is 2.13. The predicted molar refractivity (Wildman–Crippen MR) is 84.4 cm³/mol. The van der Waals surface area contributed by atoms with Gasteiger partial charge in [-0.3, -0.25) is 0 Å². The highest BCUT2D eigenvalue weighted by atomic mass is 79.9. The number of alkyl halides is 1. The van der Waals surface area contributed by atoms with Crippen LogP contribution in [0.3, 0.4) is 0 Å².